The highest BCUT2D eigenvalue weighted by Gasteiger charge is 2.33. The molecule has 0 radical (unpaired) electrons. The van der Waals surface area contributed by atoms with Crippen molar-refractivity contribution in [2.75, 3.05) is 19.6 Å². The molecule has 1 fully saturated rings. The highest BCUT2D eigenvalue weighted by atomic mass is 16.5. The van der Waals surface area contributed by atoms with Gasteiger partial charge in [-0.3, -0.25) is 4.79 Å². The highest BCUT2D eigenvalue weighted by Crippen LogP contribution is 2.21. The molecule has 1 heterocycles. The lowest BCUT2D eigenvalue weighted by molar-refractivity contribution is -0.158. The van der Waals surface area contributed by atoms with Crippen LogP contribution in [0.2, 0.25) is 0 Å². The predicted octanol–water partition coefficient (Wildman–Crippen LogP) is 1.40. The maximum absolute atomic E-state index is 12.0. The summed E-state index contributed by atoms with van der Waals surface area (Å²) in [6, 6.07) is 0.433. The number of carbonyl (C=O) groups is 1. The van der Waals surface area contributed by atoms with Crippen molar-refractivity contribution in [3.63, 3.8) is 0 Å². The van der Waals surface area contributed by atoms with Crippen molar-refractivity contribution in [2.45, 2.75) is 58.8 Å². The van der Waals surface area contributed by atoms with E-state index in [4.69, 9.17) is 4.74 Å². The lowest BCUT2D eigenvalue weighted by atomic mass is 10.1. The normalized spacial score (nSPS) is 24.1. The molecule has 0 aromatic rings. The minimum absolute atomic E-state index is 0.126. The maximum Gasteiger partial charge on any atom is 0.224 e. The summed E-state index contributed by atoms with van der Waals surface area (Å²) in [5.41, 5.74) is -0.223. The van der Waals surface area contributed by atoms with Crippen LogP contribution < -0.4 is 5.32 Å². The molecule has 1 aliphatic rings. The minimum atomic E-state index is -0.223. The van der Waals surface area contributed by atoms with Gasteiger partial charge >= 0.3 is 0 Å². The zero-order chi connectivity index (χ0) is 13.1. The third-order valence-electron chi connectivity index (χ3n) is 2.81. The lowest BCUT2D eigenvalue weighted by Crippen LogP contribution is -2.54. The van der Waals surface area contributed by atoms with Gasteiger partial charge in [0.15, 0.2) is 0 Å². The molecule has 4 nitrogen and oxygen atoms in total. The predicted molar refractivity (Wildman–Crippen MR) is 69.0 cm³/mol. The molecule has 1 rings (SSSR count). The molecule has 0 spiro atoms. The van der Waals surface area contributed by atoms with Crippen LogP contribution in [-0.2, 0) is 9.53 Å². The zero-order valence-electron chi connectivity index (χ0n) is 11.7. The third kappa shape index (κ3) is 5.04. The molecule has 0 aromatic heterocycles. The number of rotatable bonds is 4. The number of nitrogens with zero attached hydrogens (tertiary/aromatic N) is 1. The average molecular weight is 242 g/mol. The zero-order valence-corrected chi connectivity index (χ0v) is 11.7. The van der Waals surface area contributed by atoms with Gasteiger partial charge in [-0.2, -0.15) is 0 Å². The molecular weight excluding hydrogens is 216 g/mol. The fourth-order valence-electron chi connectivity index (χ4n) is 2.27. The van der Waals surface area contributed by atoms with Gasteiger partial charge in [-0.25, -0.2) is 0 Å². The first kappa shape index (κ1) is 14.5. The number of nitrogens with one attached hydrogen (secondary N) is 1. The van der Waals surface area contributed by atoms with E-state index in [2.05, 4.69) is 19.2 Å². The van der Waals surface area contributed by atoms with E-state index >= 15 is 0 Å². The molecule has 0 bridgehead atoms. The fraction of sp³-hybridized carbons (Fsp3) is 0.923. The first-order chi connectivity index (χ1) is 7.80. The minimum Gasteiger partial charge on any atom is -0.369 e. The number of carbonyl (C=O) groups excluding carboxylic acids is 1. The molecule has 1 aliphatic heterocycles. The van der Waals surface area contributed by atoms with Gasteiger partial charge in [-0.05, 0) is 20.8 Å². The Morgan fingerprint density at radius 1 is 1.53 bits per heavy atom. The second kappa shape index (κ2) is 5.83. The molecule has 1 saturated heterocycles. The lowest BCUT2D eigenvalue weighted by Gasteiger charge is -2.41. The number of amides is 1. The smallest absolute Gasteiger partial charge is 0.224 e. The first-order valence-corrected chi connectivity index (χ1v) is 6.49. The van der Waals surface area contributed by atoms with E-state index in [-0.39, 0.29) is 17.6 Å². The van der Waals surface area contributed by atoms with Crippen molar-refractivity contribution in [3.8, 4) is 0 Å². The molecule has 17 heavy (non-hydrogen) atoms. The van der Waals surface area contributed by atoms with E-state index < -0.39 is 0 Å². The van der Waals surface area contributed by atoms with Crippen LogP contribution in [0.3, 0.4) is 0 Å². The van der Waals surface area contributed by atoms with Crippen molar-refractivity contribution in [3.05, 3.63) is 0 Å². The molecule has 0 aliphatic carbocycles. The summed E-state index contributed by atoms with van der Waals surface area (Å²) < 4.78 is 5.79. The molecule has 0 aromatic carbocycles. The fourth-order valence-corrected chi connectivity index (χ4v) is 2.27. The Kier molecular flexibility index (Phi) is 4.95. The summed E-state index contributed by atoms with van der Waals surface area (Å²) in [5.74, 6) is 0.223. The average Bonchev–Trinajstić information content (AvgIpc) is 2.13. The van der Waals surface area contributed by atoms with Crippen molar-refractivity contribution in [1.82, 2.24) is 10.2 Å². The molecular formula is C13H26N2O2. The second-order valence-electron chi connectivity index (χ2n) is 5.82. The Hall–Kier alpha value is -0.610. The summed E-state index contributed by atoms with van der Waals surface area (Å²) in [5, 5.41) is 3.27. The van der Waals surface area contributed by atoms with Gasteiger partial charge in [0.1, 0.15) is 0 Å². The second-order valence-corrected chi connectivity index (χ2v) is 5.82. The van der Waals surface area contributed by atoms with Crippen LogP contribution in [0.15, 0.2) is 0 Å². The number of morpholine rings is 1. The van der Waals surface area contributed by atoms with Crippen LogP contribution in [0.1, 0.15) is 41.0 Å². The van der Waals surface area contributed by atoms with Gasteiger partial charge in [-0.15, -0.1) is 0 Å². The number of hydrogen-bond acceptors (Lipinski definition) is 3. The largest absolute Gasteiger partial charge is 0.369 e. The van der Waals surface area contributed by atoms with Gasteiger partial charge < -0.3 is 15.0 Å². The van der Waals surface area contributed by atoms with E-state index in [0.717, 1.165) is 6.54 Å². The molecule has 100 valence electrons. The Morgan fingerprint density at radius 2 is 2.18 bits per heavy atom. The SMILES string of the molecule is CC(C)NCCC(=O)N1CC(C)OC(C)(C)C1. The molecule has 1 N–H and O–H groups in total. The van der Waals surface area contributed by atoms with E-state index in [1.54, 1.807) is 0 Å². The van der Waals surface area contributed by atoms with Crippen molar-refractivity contribution < 1.29 is 9.53 Å². The monoisotopic (exact) mass is 242 g/mol. The van der Waals surface area contributed by atoms with Crippen LogP contribution in [-0.4, -0.2) is 48.2 Å². The summed E-state index contributed by atoms with van der Waals surface area (Å²) in [6.45, 7) is 12.4. The van der Waals surface area contributed by atoms with Crippen molar-refractivity contribution in [1.29, 1.82) is 0 Å². The van der Waals surface area contributed by atoms with Crippen LogP contribution in [0.4, 0.5) is 0 Å². The molecule has 0 saturated carbocycles. The summed E-state index contributed by atoms with van der Waals surface area (Å²) >= 11 is 0. The Balaban J connectivity index is 2.40. The van der Waals surface area contributed by atoms with Crippen molar-refractivity contribution >= 4 is 5.91 Å². The van der Waals surface area contributed by atoms with Crippen LogP contribution in [0, 0.1) is 0 Å². The Morgan fingerprint density at radius 3 is 2.71 bits per heavy atom. The van der Waals surface area contributed by atoms with E-state index in [0.29, 0.717) is 25.6 Å². The number of hydrogen-bond donors (Lipinski definition) is 1. The molecule has 1 amide bonds. The van der Waals surface area contributed by atoms with Gasteiger partial charge in [0.2, 0.25) is 5.91 Å². The van der Waals surface area contributed by atoms with E-state index in [1.165, 1.54) is 0 Å². The van der Waals surface area contributed by atoms with Crippen LogP contribution in [0.25, 0.3) is 0 Å². The van der Waals surface area contributed by atoms with Gasteiger partial charge in [0.25, 0.3) is 0 Å². The highest BCUT2D eigenvalue weighted by molar-refractivity contribution is 5.76. The summed E-state index contributed by atoms with van der Waals surface area (Å²) in [7, 11) is 0. The van der Waals surface area contributed by atoms with Gasteiger partial charge in [0, 0.05) is 32.1 Å². The van der Waals surface area contributed by atoms with Gasteiger partial charge in [-0.1, -0.05) is 13.8 Å². The Labute approximate surface area is 105 Å². The van der Waals surface area contributed by atoms with Gasteiger partial charge in [0.05, 0.1) is 11.7 Å². The standard InChI is InChI=1S/C13H26N2O2/c1-10(2)14-7-6-12(16)15-8-11(3)17-13(4,5)9-15/h10-11,14H,6-9H2,1-5H3. The molecule has 4 heteroatoms. The topological polar surface area (TPSA) is 41.6 Å². The Bertz CT molecular complexity index is 264. The van der Waals surface area contributed by atoms with Crippen LogP contribution in [0.5, 0.6) is 0 Å². The third-order valence-corrected chi connectivity index (χ3v) is 2.81. The van der Waals surface area contributed by atoms with E-state index in [9.17, 15) is 4.79 Å². The molecule has 1 unspecified atom stereocenters. The summed E-state index contributed by atoms with van der Waals surface area (Å²) in [4.78, 5) is 14.0. The van der Waals surface area contributed by atoms with E-state index in [1.807, 2.05) is 25.7 Å². The quantitative estimate of drug-likeness (QED) is 0.810. The van der Waals surface area contributed by atoms with Crippen molar-refractivity contribution in [2.24, 2.45) is 0 Å². The maximum atomic E-state index is 12.0. The first-order valence-electron chi connectivity index (χ1n) is 6.49. The van der Waals surface area contributed by atoms with Crippen LogP contribution >= 0.6 is 0 Å². The number of ether oxygens (including phenoxy) is 1. The summed E-state index contributed by atoms with van der Waals surface area (Å²) in [6.07, 6.45) is 0.696. The molecule has 1 atom stereocenters.